The van der Waals surface area contributed by atoms with E-state index in [-0.39, 0.29) is 30.4 Å². The molecule has 1 N–H and O–H groups in total. The molecule has 0 spiro atoms. The number of carbonyl (C=O) groups excluding carboxylic acids is 2. The maximum Gasteiger partial charge on any atom is 0.333 e. The van der Waals surface area contributed by atoms with Crippen LogP contribution in [0.2, 0.25) is 0 Å². The number of amides is 1. The van der Waals surface area contributed by atoms with Gasteiger partial charge in [0, 0.05) is 43.7 Å². The van der Waals surface area contributed by atoms with Gasteiger partial charge in [0.1, 0.15) is 6.10 Å². The van der Waals surface area contributed by atoms with Gasteiger partial charge < -0.3 is 14.7 Å². The molecule has 6 unspecified atom stereocenters. The Morgan fingerprint density at radius 1 is 1.19 bits per heavy atom. The Hall–Kier alpha value is -1.40. The van der Waals surface area contributed by atoms with Crippen LogP contribution in [0.3, 0.4) is 0 Å². The number of aliphatic hydroxyl groups is 1. The average molecular weight is 362 g/mol. The molecule has 26 heavy (non-hydrogen) atoms. The molecule has 0 aliphatic carbocycles. The molecule has 4 heterocycles. The molecule has 4 saturated heterocycles. The Morgan fingerprint density at radius 3 is 2.73 bits per heavy atom. The van der Waals surface area contributed by atoms with Crippen molar-refractivity contribution < 1.29 is 19.4 Å². The maximum atomic E-state index is 12.4. The predicted octanol–water partition coefficient (Wildman–Crippen LogP) is 1.33. The van der Waals surface area contributed by atoms with Gasteiger partial charge in [0.25, 0.3) is 0 Å². The number of hydrogen-bond donors (Lipinski definition) is 1. The van der Waals surface area contributed by atoms with E-state index >= 15 is 0 Å². The van der Waals surface area contributed by atoms with E-state index in [4.69, 9.17) is 4.74 Å². The minimum Gasteiger partial charge on any atom is -0.459 e. The smallest absolute Gasteiger partial charge is 0.333 e. The van der Waals surface area contributed by atoms with E-state index in [1.165, 1.54) is 0 Å². The van der Waals surface area contributed by atoms with E-state index in [1.807, 2.05) is 11.8 Å². The summed E-state index contributed by atoms with van der Waals surface area (Å²) in [4.78, 5) is 29.1. The van der Waals surface area contributed by atoms with Crippen molar-refractivity contribution in [3.05, 3.63) is 11.6 Å². The number of nitrogens with zero attached hydrogens (tertiary/aromatic N) is 2. The van der Waals surface area contributed by atoms with Crippen LogP contribution in [0.15, 0.2) is 11.6 Å². The standard InChI is InChI=1S/C20H30N2O4/c1-3-12(2)20(25)26-16-4-5-21-10-13-6-14(17(21)9-16)11-22-18(13)7-15(23)8-19(22)24/h3,13-18,23H,4-11H2,1-2H3. The fraction of sp³-hybridized carbons (Fsp3) is 0.800. The van der Waals surface area contributed by atoms with E-state index in [0.29, 0.717) is 23.5 Å². The molecule has 144 valence electrons. The highest BCUT2D eigenvalue weighted by molar-refractivity contribution is 5.87. The molecule has 6 heteroatoms. The quantitative estimate of drug-likeness (QED) is 0.593. The van der Waals surface area contributed by atoms with Crippen LogP contribution in [0.1, 0.15) is 46.0 Å². The number of carbonyl (C=O) groups is 2. The Morgan fingerprint density at radius 2 is 1.96 bits per heavy atom. The molecule has 4 aliphatic rings. The molecule has 0 aromatic carbocycles. The maximum absolute atomic E-state index is 12.4. The first kappa shape index (κ1) is 18.0. The van der Waals surface area contributed by atoms with Crippen molar-refractivity contribution in [1.29, 1.82) is 0 Å². The van der Waals surface area contributed by atoms with Gasteiger partial charge in [-0.3, -0.25) is 9.69 Å². The highest BCUT2D eigenvalue weighted by Crippen LogP contribution is 2.43. The van der Waals surface area contributed by atoms with Gasteiger partial charge in [-0.25, -0.2) is 4.79 Å². The second-order valence-electron chi connectivity index (χ2n) is 8.55. The van der Waals surface area contributed by atoms with Gasteiger partial charge in [-0.2, -0.15) is 0 Å². The molecule has 4 rings (SSSR count). The lowest BCUT2D eigenvalue weighted by Crippen LogP contribution is -2.66. The second kappa shape index (κ2) is 6.97. The van der Waals surface area contributed by atoms with Crippen LogP contribution >= 0.6 is 0 Å². The van der Waals surface area contributed by atoms with Gasteiger partial charge in [0.05, 0.1) is 12.5 Å². The van der Waals surface area contributed by atoms with Crippen molar-refractivity contribution in [2.24, 2.45) is 11.8 Å². The number of aliphatic hydroxyl groups excluding tert-OH is 1. The number of piperidine rings is 4. The Balaban J connectivity index is 1.45. The fourth-order valence-electron chi connectivity index (χ4n) is 5.52. The molecule has 6 nitrogen and oxygen atoms in total. The normalized spacial score (nSPS) is 40.7. The molecular weight excluding hydrogens is 332 g/mol. The minimum atomic E-state index is -0.474. The Labute approximate surface area is 155 Å². The molecule has 6 atom stereocenters. The highest BCUT2D eigenvalue weighted by atomic mass is 16.5. The summed E-state index contributed by atoms with van der Waals surface area (Å²) < 4.78 is 5.73. The van der Waals surface area contributed by atoms with Crippen molar-refractivity contribution in [3.63, 3.8) is 0 Å². The third-order valence-corrected chi connectivity index (χ3v) is 6.98. The predicted molar refractivity (Wildman–Crippen MR) is 96.2 cm³/mol. The van der Waals surface area contributed by atoms with E-state index in [2.05, 4.69) is 4.90 Å². The zero-order valence-electron chi connectivity index (χ0n) is 15.8. The summed E-state index contributed by atoms with van der Waals surface area (Å²) >= 11 is 0. The van der Waals surface area contributed by atoms with Gasteiger partial charge in [-0.1, -0.05) is 6.08 Å². The second-order valence-corrected chi connectivity index (χ2v) is 8.55. The van der Waals surface area contributed by atoms with Crippen molar-refractivity contribution in [3.8, 4) is 0 Å². The molecule has 0 radical (unpaired) electrons. The third kappa shape index (κ3) is 3.18. The third-order valence-electron chi connectivity index (χ3n) is 6.98. The van der Waals surface area contributed by atoms with Crippen LogP contribution in [0.5, 0.6) is 0 Å². The summed E-state index contributed by atoms with van der Waals surface area (Å²) in [6, 6.07) is 0.598. The van der Waals surface area contributed by atoms with Gasteiger partial charge in [0.15, 0.2) is 0 Å². The van der Waals surface area contributed by atoms with Crippen molar-refractivity contribution in [2.45, 2.75) is 70.2 Å². The first-order valence-electron chi connectivity index (χ1n) is 10.0. The highest BCUT2D eigenvalue weighted by Gasteiger charge is 2.50. The fourth-order valence-corrected chi connectivity index (χ4v) is 5.52. The first-order chi connectivity index (χ1) is 12.5. The van der Waals surface area contributed by atoms with Crippen molar-refractivity contribution in [2.75, 3.05) is 19.6 Å². The lowest BCUT2D eigenvalue weighted by Gasteiger charge is -2.57. The summed E-state index contributed by atoms with van der Waals surface area (Å²) in [5, 5.41) is 10.0. The number of allylic oxidation sites excluding steroid dienone is 1. The molecule has 2 bridgehead atoms. The van der Waals surface area contributed by atoms with Crippen LogP contribution in [0.25, 0.3) is 0 Å². The van der Waals surface area contributed by atoms with Crippen LogP contribution < -0.4 is 0 Å². The SMILES string of the molecule is CC=C(C)C(=O)OC1CCN2CC3CC(CN4C(=O)CC(O)CC34)C2C1. The molecule has 0 saturated carbocycles. The van der Waals surface area contributed by atoms with E-state index in [1.54, 1.807) is 13.0 Å². The number of fused-ring (bicyclic) bond motifs is 6. The van der Waals surface area contributed by atoms with Crippen LogP contribution in [-0.4, -0.2) is 70.7 Å². The molecule has 4 fully saturated rings. The molecule has 4 aliphatic heterocycles. The van der Waals surface area contributed by atoms with Crippen molar-refractivity contribution in [1.82, 2.24) is 9.80 Å². The molecule has 0 aromatic heterocycles. The molecular formula is C20H30N2O4. The summed E-state index contributed by atoms with van der Waals surface area (Å²) in [5.74, 6) is 0.824. The minimum absolute atomic E-state index is 0.0215. The van der Waals surface area contributed by atoms with Crippen LogP contribution in [-0.2, 0) is 14.3 Å². The zero-order chi connectivity index (χ0) is 18.4. The van der Waals surface area contributed by atoms with Gasteiger partial charge in [-0.15, -0.1) is 0 Å². The average Bonchev–Trinajstić information content (AvgIpc) is 2.62. The van der Waals surface area contributed by atoms with E-state index < -0.39 is 6.10 Å². The van der Waals surface area contributed by atoms with Gasteiger partial charge in [-0.05, 0) is 44.9 Å². The van der Waals surface area contributed by atoms with Crippen molar-refractivity contribution >= 4 is 11.9 Å². The molecule has 1 amide bonds. The summed E-state index contributed by atoms with van der Waals surface area (Å²) in [5.41, 5.74) is 0.661. The Kier molecular flexibility index (Phi) is 4.82. The largest absolute Gasteiger partial charge is 0.459 e. The summed E-state index contributed by atoms with van der Waals surface area (Å²) in [7, 11) is 0. The lowest BCUT2D eigenvalue weighted by molar-refractivity contribution is -0.160. The van der Waals surface area contributed by atoms with Gasteiger partial charge >= 0.3 is 5.97 Å². The monoisotopic (exact) mass is 362 g/mol. The number of rotatable bonds is 2. The lowest BCUT2D eigenvalue weighted by atomic mass is 9.70. The number of ether oxygens (including phenoxy) is 1. The Bertz CT molecular complexity index is 619. The topological polar surface area (TPSA) is 70.1 Å². The summed E-state index contributed by atoms with van der Waals surface area (Å²) in [6.45, 7) is 6.39. The van der Waals surface area contributed by atoms with E-state index in [9.17, 15) is 14.7 Å². The number of hydrogen-bond acceptors (Lipinski definition) is 5. The van der Waals surface area contributed by atoms with Crippen LogP contribution in [0.4, 0.5) is 0 Å². The van der Waals surface area contributed by atoms with Crippen LogP contribution in [0, 0.1) is 11.8 Å². The zero-order valence-corrected chi connectivity index (χ0v) is 15.8. The first-order valence-corrected chi connectivity index (χ1v) is 10.0. The molecule has 0 aromatic rings. The van der Waals surface area contributed by atoms with Gasteiger partial charge in [0.2, 0.25) is 5.91 Å². The number of esters is 1. The van der Waals surface area contributed by atoms with E-state index in [0.717, 1.165) is 45.3 Å². The summed E-state index contributed by atoms with van der Waals surface area (Å²) in [6.07, 6.45) is 5.17.